The Balaban J connectivity index is 2.03. The van der Waals surface area contributed by atoms with Crippen molar-refractivity contribution in [2.75, 3.05) is 0 Å². The quantitative estimate of drug-likeness (QED) is 0.471. The predicted molar refractivity (Wildman–Crippen MR) is 90.0 cm³/mol. The Labute approximate surface area is 147 Å². The van der Waals surface area contributed by atoms with Crippen LogP contribution in [-0.4, -0.2) is 6.36 Å². The zero-order valence-corrected chi connectivity index (χ0v) is 13.8. The van der Waals surface area contributed by atoms with Gasteiger partial charge >= 0.3 is 6.36 Å². The fraction of sp³-hybridized carbons (Fsp3) is 0.200. The van der Waals surface area contributed by atoms with Gasteiger partial charge in [-0.1, -0.05) is 49.7 Å². The molecule has 0 N–H and O–H groups in total. The Morgan fingerprint density at radius 2 is 1.54 bits per heavy atom. The van der Waals surface area contributed by atoms with Crippen LogP contribution in [0.4, 0.5) is 22.0 Å². The fourth-order valence-corrected chi connectivity index (χ4v) is 2.85. The molecule has 0 amide bonds. The summed E-state index contributed by atoms with van der Waals surface area (Å²) in [4.78, 5) is 0. The Bertz CT molecular complexity index is 930. The maximum atomic E-state index is 14.3. The minimum Gasteiger partial charge on any atom is -0.399 e. The number of hydrogen-bond donors (Lipinski definition) is 0. The molecule has 0 aliphatic carbocycles. The number of halogens is 5. The first-order valence-corrected chi connectivity index (χ1v) is 8.05. The van der Waals surface area contributed by atoms with Gasteiger partial charge in [0.1, 0.15) is 0 Å². The van der Waals surface area contributed by atoms with Gasteiger partial charge < -0.3 is 4.74 Å². The van der Waals surface area contributed by atoms with Gasteiger partial charge in [-0.2, -0.15) is 0 Å². The van der Waals surface area contributed by atoms with Crippen LogP contribution >= 0.6 is 0 Å². The first kappa shape index (κ1) is 18.2. The van der Waals surface area contributed by atoms with E-state index in [2.05, 4.69) is 11.7 Å². The summed E-state index contributed by atoms with van der Waals surface area (Å²) in [5.41, 5.74) is 2.75. The van der Waals surface area contributed by atoms with E-state index < -0.39 is 23.7 Å². The number of ether oxygens (including phenoxy) is 1. The molecular formula is C20H15F5O. The Morgan fingerprint density at radius 3 is 2.15 bits per heavy atom. The van der Waals surface area contributed by atoms with E-state index in [9.17, 15) is 22.0 Å². The van der Waals surface area contributed by atoms with Crippen LogP contribution in [0.3, 0.4) is 0 Å². The van der Waals surface area contributed by atoms with E-state index in [0.717, 1.165) is 24.5 Å². The van der Waals surface area contributed by atoms with E-state index in [1.165, 1.54) is 17.7 Å². The van der Waals surface area contributed by atoms with E-state index >= 15 is 0 Å². The topological polar surface area (TPSA) is 9.23 Å². The van der Waals surface area contributed by atoms with Gasteiger partial charge in [0.05, 0.1) is 0 Å². The van der Waals surface area contributed by atoms with Gasteiger partial charge in [-0.05, 0) is 40.6 Å². The summed E-state index contributed by atoms with van der Waals surface area (Å²) >= 11 is 0. The zero-order chi connectivity index (χ0) is 18.9. The molecule has 26 heavy (non-hydrogen) atoms. The molecule has 0 radical (unpaired) electrons. The lowest BCUT2D eigenvalue weighted by atomic mass is 9.99. The van der Waals surface area contributed by atoms with E-state index in [-0.39, 0.29) is 10.8 Å². The molecule has 0 atom stereocenters. The van der Waals surface area contributed by atoms with Crippen molar-refractivity contribution in [3.63, 3.8) is 0 Å². The first-order valence-electron chi connectivity index (χ1n) is 8.05. The SMILES string of the molecule is CCCc1ccc(-c2ccc3c(F)c(OC(F)(F)F)c(F)cc3c2)cc1. The monoisotopic (exact) mass is 366 g/mol. The summed E-state index contributed by atoms with van der Waals surface area (Å²) in [6, 6.07) is 13.0. The van der Waals surface area contributed by atoms with E-state index in [1.807, 2.05) is 24.3 Å². The summed E-state index contributed by atoms with van der Waals surface area (Å²) in [7, 11) is 0. The van der Waals surface area contributed by atoms with Crippen LogP contribution in [0, 0.1) is 11.6 Å². The first-order chi connectivity index (χ1) is 12.3. The lowest BCUT2D eigenvalue weighted by Crippen LogP contribution is -2.19. The Kier molecular flexibility index (Phi) is 4.85. The highest BCUT2D eigenvalue weighted by Gasteiger charge is 2.34. The number of aryl methyl sites for hydroxylation is 1. The third-order valence-electron chi connectivity index (χ3n) is 4.03. The summed E-state index contributed by atoms with van der Waals surface area (Å²) in [6.07, 6.45) is -3.19. The van der Waals surface area contributed by atoms with Gasteiger partial charge in [-0.25, -0.2) is 8.78 Å². The average Bonchev–Trinajstić information content (AvgIpc) is 2.58. The highest BCUT2D eigenvalue weighted by molar-refractivity contribution is 5.89. The molecule has 0 bridgehead atoms. The molecule has 0 saturated carbocycles. The molecular weight excluding hydrogens is 351 g/mol. The molecule has 3 aromatic rings. The molecule has 0 aliphatic rings. The highest BCUT2D eigenvalue weighted by Crippen LogP contribution is 2.35. The summed E-state index contributed by atoms with van der Waals surface area (Å²) < 4.78 is 68.6. The largest absolute Gasteiger partial charge is 0.573 e. The average molecular weight is 366 g/mol. The van der Waals surface area contributed by atoms with Crippen molar-refractivity contribution in [3.05, 3.63) is 65.7 Å². The predicted octanol–water partition coefficient (Wildman–Crippen LogP) is 6.64. The van der Waals surface area contributed by atoms with Crippen molar-refractivity contribution in [1.29, 1.82) is 0 Å². The molecule has 3 rings (SSSR count). The summed E-state index contributed by atoms with van der Waals surface area (Å²) in [5.74, 6) is -4.22. The van der Waals surface area contributed by atoms with Crippen LogP contribution in [-0.2, 0) is 6.42 Å². The van der Waals surface area contributed by atoms with Crippen LogP contribution in [0.2, 0.25) is 0 Å². The van der Waals surface area contributed by atoms with Crippen molar-refractivity contribution >= 4 is 10.8 Å². The van der Waals surface area contributed by atoms with Crippen molar-refractivity contribution in [3.8, 4) is 16.9 Å². The van der Waals surface area contributed by atoms with E-state index in [1.54, 1.807) is 6.07 Å². The minimum absolute atomic E-state index is 0.142. The smallest absolute Gasteiger partial charge is 0.399 e. The standard InChI is InChI=1S/C20H15F5O/c1-2-3-12-4-6-13(7-5-12)14-8-9-16-15(10-14)11-17(21)19(18(16)22)26-20(23,24)25/h4-11H,2-3H2,1H3. The van der Waals surface area contributed by atoms with Crippen LogP contribution < -0.4 is 4.74 Å². The van der Waals surface area contributed by atoms with E-state index in [4.69, 9.17) is 0 Å². The second kappa shape index (κ2) is 6.94. The maximum Gasteiger partial charge on any atom is 0.573 e. The fourth-order valence-electron chi connectivity index (χ4n) is 2.85. The second-order valence-electron chi connectivity index (χ2n) is 5.93. The third-order valence-corrected chi connectivity index (χ3v) is 4.03. The molecule has 0 saturated heterocycles. The van der Waals surface area contributed by atoms with Gasteiger partial charge in [0.15, 0.2) is 11.6 Å². The van der Waals surface area contributed by atoms with Gasteiger partial charge in [0, 0.05) is 5.39 Å². The molecule has 1 nitrogen and oxygen atoms in total. The lowest BCUT2D eigenvalue weighted by Gasteiger charge is -2.13. The highest BCUT2D eigenvalue weighted by atomic mass is 19.4. The second-order valence-corrected chi connectivity index (χ2v) is 5.93. The van der Waals surface area contributed by atoms with E-state index in [0.29, 0.717) is 5.56 Å². The van der Waals surface area contributed by atoms with Crippen molar-refractivity contribution in [2.45, 2.75) is 26.1 Å². The van der Waals surface area contributed by atoms with Crippen molar-refractivity contribution < 1.29 is 26.7 Å². The Morgan fingerprint density at radius 1 is 0.885 bits per heavy atom. The van der Waals surface area contributed by atoms with Gasteiger partial charge in [0.25, 0.3) is 0 Å². The zero-order valence-electron chi connectivity index (χ0n) is 13.8. The summed E-state index contributed by atoms with van der Waals surface area (Å²) in [5, 5.41) is 0.0154. The van der Waals surface area contributed by atoms with Crippen molar-refractivity contribution in [1.82, 2.24) is 0 Å². The van der Waals surface area contributed by atoms with Gasteiger partial charge in [-0.15, -0.1) is 13.2 Å². The molecule has 0 aromatic heterocycles. The number of rotatable bonds is 4. The number of hydrogen-bond acceptors (Lipinski definition) is 1. The molecule has 0 unspecified atom stereocenters. The van der Waals surface area contributed by atoms with Crippen molar-refractivity contribution in [2.24, 2.45) is 0 Å². The molecule has 136 valence electrons. The molecule has 0 aliphatic heterocycles. The number of fused-ring (bicyclic) bond motifs is 1. The normalized spacial score (nSPS) is 11.8. The molecule has 6 heteroatoms. The van der Waals surface area contributed by atoms with Gasteiger partial charge in [-0.3, -0.25) is 0 Å². The van der Waals surface area contributed by atoms with Crippen LogP contribution in [0.5, 0.6) is 5.75 Å². The maximum absolute atomic E-state index is 14.3. The van der Waals surface area contributed by atoms with Crippen LogP contribution in [0.25, 0.3) is 21.9 Å². The number of benzene rings is 3. The van der Waals surface area contributed by atoms with Gasteiger partial charge in [0.2, 0.25) is 5.75 Å². The minimum atomic E-state index is -5.17. The number of alkyl halides is 3. The molecule has 0 fully saturated rings. The molecule has 0 spiro atoms. The summed E-state index contributed by atoms with van der Waals surface area (Å²) in [6.45, 7) is 2.08. The third kappa shape index (κ3) is 3.79. The lowest BCUT2D eigenvalue weighted by molar-refractivity contribution is -0.276. The van der Waals surface area contributed by atoms with Crippen LogP contribution in [0.1, 0.15) is 18.9 Å². The molecule has 3 aromatic carbocycles. The molecule has 0 heterocycles. The Hall–Kier alpha value is -2.63. The van der Waals surface area contributed by atoms with Crippen LogP contribution in [0.15, 0.2) is 48.5 Å².